The Morgan fingerprint density at radius 3 is 2.58 bits per heavy atom. The quantitative estimate of drug-likeness (QED) is 0.669. The van der Waals surface area contributed by atoms with Crippen LogP contribution < -0.4 is 16.0 Å². The molecule has 0 fully saturated rings. The lowest BCUT2D eigenvalue weighted by molar-refractivity contribution is -0.120. The fourth-order valence-corrected chi connectivity index (χ4v) is 2.57. The molecule has 3 N–H and O–H groups in total. The summed E-state index contributed by atoms with van der Waals surface area (Å²) in [7, 11) is 1.52. The van der Waals surface area contributed by atoms with Crippen molar-refractivity contribution in [2.75, 3.05) is 12.4 Å². The Morgan fingerprint density at radius 1 is 1.12 bits per heavy atom. The predicted molar refractivity (Wildman–Crippen MR) is 92.0 cm³/mol. The van der Waals surface area contributed by atoms with Crippen molar-refractivity contribution in [3.8, 4) is 0 Å². The maximum Gasteiger partial charge on any atom is 0.321 e. The zero-order chi connectivity index (χ0) is 17.4. The summed E-state index contributed by atoms with van der Waals surface area (Å²) in [5.74, 6) is -0.426. The largest absolute Gasteiger partial charge is 0.359 e. The molecule has 24 heavy (non-hydrogen) atoms. The highest BCUT2D eigenvalue weighted by Gasteiger charge is 2.13. The third kappa shape index (κ3) is 5.47. The van der Waals surface area contributed by atoms with Crippen LogP contribution in [0.3, 0.4) is 0 Å². The summed E-state index contributed by atoms with van der Waals surface area (Å²) in [4.78, 5) is 39.0. The van der Waals surface area contributed by atoms with Gasteiger partial charge in [0, 0.05) is 31.8 Å². The first-order chi connectivity index (χ1) is 11.6. The third-order valence-electron chi connectivity index (χ3n) is 3.16. The van der Waals surface area contributed by atoms with Gasteiger partial charge in [0.05, 0.1) is 0 Å². The van der Waals surface area contributed by atoms with Crippen LogP contribution in [0.1, 0.15) is 28.9 Å². The zero-order valence-electron chi connectivity index (χ0n) is 13.2. The maximum absolute atomic E-state index is 11.9. The molecule has 0 spiro atoms. The lowest BCUT2D eigenvalue weighted by Crippen LogP contribution is -2.28. The summed E-state index contributed by atoms with van der Waals surface area (Å²) >= 11 is 1.16. The number of ketones is 1. The topological polar surface area (TPSA) is 100 Å². The second-order valence-corrected chi connectivity index (χ2v) is 5.79. The molecule has 2 aromatic rings. The number of nitrogens with zero attached hydrogens (tertiary/aromatic N) is 1. The molecule has 3 amide bonds. The van der Waals surface area contributed by atoms with Gasteiger partial charge in [-0.3, -0.25) is 14.9 Å². The maximum atomic E-state index is 11.9. The molecule has 0 radical (unpaired) electrons. The molecule has 2 rings (SSSR count). The number of hydrogen-bond donors (Lipinski definition) is 3. The van der Waals surface area contributed by atoms with E-state index in [0.29, 0.717) is 11.7 Å². The molecule has 7 nitrogen and oxygen atoms in total. The summed E-state index contributed by atoms with van der Waals surface area (Å²) in [6.07, 6.45) is 0.205. The SMILES string of the molecule is CNC(=O)CCC(=O)c1csc(NC(=O)NCc2ccccc2)n1. The van der Waals surface area contributed by atoms with Crippen LogP contribution in [0, 0.1) is 0 Å². The van der Waals surface area contributed by atoms with Crippen LogP contribution in [-0.4, -0.2) is 29.8 Å². The van der Waals surface area contributed by atoms with Crippen LogP contribution >= 0.6 is 11.3 Å². The molecule has 0 bridgehead atoms. The van der Waals surface area contributed by atoms with Gasteiger partial charge in [-0.15, -0.1) is 11.3 Å². The Morgan fingerprint density at radius 2 is 1.88 bits per heavy atom. The molecule has 0 saturated heterocycles. The Bertz CT molecular complexity index is 715. The van der Waals surface area contributed by atoms with Gasteiger partial charge in [-0.05, 0) is 5.56 Å². The Hall–Kier alpha value is -2.74. The van der Waals surface area contributed by atoms with E-state index in [0.717, 1.165) is 16.9 Å². The number of anilines is 1. The first-order valence-electron chi connectivity index (χ1n) is 7.36. The van der Waals surface area contributed by atoms with Gasteiger partial charge in [0.15, 0.2) is 10.9 Å². The normalized spacial score (nSPS) is 10.0. The van der Waals surface area contributed by atoms with E-state index in [1.54, 1.807) is 5.38 Å². The van der Waals surface area contributed by atoms with Crippen molar-refractivity contribution in [3.05, 3.63) is 47.0 Å². The number of thiazole rings is 1. The summed E-state index contributed by atoms with van der Waals surface area (Å²) in [6.45, 7) is 0.399. The predicted octanol–water partition coefficient (Wildman–Crippen LogP) is 2.17. The fraction of sp³-hybridized carbons (Fsp3) is 0.250. The van der Waals surface area contributed by atoms with Crippen LogP contribution in [0.15, 0.2) is 35.7 Å². The average molecular weight is 346 g/mol. The van der Waals surface area contributed by atoms with Crippen molar-refractivity contribution in [1.82, 2.24) is 15.6 Å². The molecule has 0 unspecified atom stereocenters. The highest BCUT2D eigenvalue weighted by molar-refractivity contribution is 7.14. The Balaban J connectivity index is 1.81. The first-order valence-corrected chi connectivity index (χ1v) is 8.24. The Kier molecular flexibility index (Phi) is 6.44. The number of urea groups is 1. The summed E-state index contributed by atoms with van der Waals surface area (Å²) in [5.41, 5.74) is 1.24. The number of rotatable bonds is 7. The number of amides is 3. The molecule has 0 saturated carbocycles. The molecule has 0 aliphatic rings. The number of aromatic nitrogens is 1. The molecule has 1 aromatic carbocycles. The summed E-state index contributed by atoms with van der Waals surface area (Å²) in [5, 5.41) is 9.66. The van der Waals surface area contributed by atoms with E-state index in [1.807, 2.05) is 30.3 Å². The first kappa shape index (κ1) is 17.6. The number of hydrogen-bond acceptors (Lipinski definition) is 5. The van der Waals surface area contributed by atoms with Crippen molar-refractivity contribution >= 4 is 34.2 Å². The van der Waals surface area contributed by atoms with Gasteiger partial charge in [0.2, 0.25) is 5.91 Å². The van der Waals surface area contributed by atoms with E-state index < -0.39 is 6.03 Å². The van der Waals surface area contributed by atoms with E-state index in [-0.39, 0.29) is 30.2 Å². The van der Waals surface area contributed by atoms with Crippen LogP contribution in [-0.2, 0) is 11.3 Å². The minimum absolute atomic E-state index is 0.0864. The van der Waals surface area contributed by atoms with Crippen molar-refractivity contribution in [1.29, 1.82) is 0 Å². The fourth-order valence-electron chi connectivity index (χ4n) is 1.86. The van der Waals surface area contributed by atoms with Gasteiger partial charge in [-0.1, -0.05) is 30.3 Å². The molecule has 1 heterocycles. The van der Waals surface area contributed by atoms with Gasteiger partial charge in [0.25, 0.3) is 0 Å². The molecular formula is C16H18N4O3S. The molecule has 8 heteroatoms. The average Bonchev–Trinajstić information content (AvgIpc) is 3.07. The molecule has 0 atom stereocenters. The monoisotopic (exact) mass is 346 g/mol. The van der Waals surface area contributed by atoms with E-state index in [9.17, 15) is 14.4 Å². The van der Waals surface area contributed by atoms with E-state index in [4.69, 9.17) is 0 Å². The van der Waals surface area contributed by atoms with E-state index in [1.165, 1.54) is 7.05 Å². The minimum Gasteiger partial charge on any atom is -0.359 e. The number of benzene rings is 1. The lowest BCUT2D eigenvalue weighted by Gasteiger charge is -2.05. The summed E-state index contributed by atoms with van der Waals surface area (Å²) in [6, 6.07) is 9.12. The van der Waals surface area contributed by atoms with Crippen molar-refractivity contribution in [2.24, 2.45) is 0 Å². The number of carbonyl (C=O) groups is 3. The highest BCUT2D eigenvalue weighted by atomic mass is 32.1. The zero-order valence-corrected chi connectivity index (χ0v) is 14.0. The van der Waals surface area contributed by atoms with E-state index in [2.05, 4.69) is 20.9 Å². The standard InChI is InChI=1S/C16H18N4O3S/c1-17-14(22)8-7-13(21)12-10-24-16(19-12)20-15(23)18-9-11-5-3-2-4-6-11/h2-6,10H,7-9H2,1H3,(H,17,22)(H2,18,19,20,23). The molecular weight excluding hydrogens is 328 g/mol. The van der Waals surface area contributed by atoms with Gasteiger partial charge >= 0.3 is 6.03 Å². The van der Waals surface area contributed by atoms with Gasteiger partial charge in [0.1, 0.15) is 5.69 Å². The summed E-state index contributed by atoms with van der Waals surface area (Å²) < 4.78 is 0. The second-order valence-electron chi connectivity index (χ2n) is 4.93. The van der Waals surface area contributed by atoms with Gasteiger partial charge < -0.3 is 10.6 Å². The van der Waals surface area contributed by atoms with Crippen LogP contribution in [0.25, 0.3) is 0 Å². The molecule has 0 aliphatic heterocycles. The highest BCUT2D eigenvalue weighted by Crippen LogP contribution is 2.17. The minimum atomic E-state index is -0.391. The van der Waals surface area contributed by atoms with Gasteiger partial charge in [-0.2, -0.15) is 0 Å². The van der Waals surface area contributed by atoms with Gasteiger partial charge in [-0.25, -0.2) is 9.78 Å². The molecule has 126 valence electrons. The van der Waals surface area contributed by atoms with Crippen LogP contribution in [0.4, 0.5) is 9.93 Å². The second kappa shape index (κ2) is 8.78. The third-order valence-corrected chi connectivity index (χ3v) is 3.92. The lowest BCUT2D eigenvalue weighted by atomic mass is 10.2. The smallest absolute Gasteiger partial charge is 0.321 e. The number of Topliss-reactive ketones (excluding diaryl/α,β-unsaturated/α-hetero) is 1. The number of carbonyl (C=O) groups excluding carboxylic acids is 3. The Labute approximate surface area is 143 Å². The number of nitrogens with one attached hydrogen (secondary N) is 3. The van der Waals surface area contributed by atoms with Crippen molar-refractivity contribution < 1.29 is 14.4 Å². The van der Waals surface area contributed by atoms with E-state index >= 15 is 0 Å². The molecule has 0 aliphatic carbocycles. The van der Waals surface area contributed by atoms with Crippen molar-refractivity contribution in [3.63, 3.8) is 0 Å². The van der Waals surface area contributed by atoms with Crippen LogP contribution in [0.2, 0.25) is 0 Å². The van der Waals surface area contributed by atoms with Crippen molar-refractivity contribution in [2.45, 2.75) is 19.4 Å². The molecule has 1 aromatic heterocycles. The van der Waals surface area contributed by atoms with Crippen LogP contribution in [0.5, 0.6) is 0 Å².